The molecule has 3 rings (SSSR count). The van der Waals surface area contributed by atoms with E-state index in [1.807, 2.05) is 24.3 Å². The Bertz CT molecular complexity index is 711. The molecule has 0 saturated carbocycles. The van der Waals surface area contributed by atoms with Crippen molar-refractivity contribution in [1.29, 1.82) is 0 Å². The predicted molar refractivity (Wildman–Crippen MR) is 79.2 cm³/mol. The van der Waals surface area contributed by atoms with E-state index in [1.165, 1.54) is 11.8 Å². The maximum absolute atomic E-state index is 6.02. The number of halogens is 1. The second-order valence-electron chi connectivity index (χ2n) is 4.24. The van der Waals surface area contributed by atoms with Gasteiger partial charge in [0.05, 0.1) is 0 Å². The lowest BCUT2D eigenvalue weighted by atomic mass is 10.3. The summed E-state index contributed by atoms with van der Waals surface area (Å²) in [5.74, 6) is 0.749. The van der Waals surface area contributed by atoms with Crippen molar-refractivity contribution in [2.45, 2.75) is 30.0 Å². The molecule has 102 valence electrons. The smallest absolute Gasteiger partial charge is 0.263 e. The Balaban J connectivity index is 1.90. The van der Waals surface area contributed by atoms with E-state index in [0.717, 1.165) is 34.8 Å². The molecule has 0 aliphatic rings. The van der Waals surface area contributed by atoms with Crippen molar-refractivity contribution < 1.29 is 4.42 Å². The van der Waals surface area contributed by atoms with Gasteiger partial charge in [-0.15, -0.1) is 0 Å². The van der Waals surface area contributed by atoms with Crippen LogP contribution < -0.4 is 0 Å². The Labute approximate surface area is 125 Å². The SMILES string of the molecule is CCCc1nc(Cl)cc(Sc2nc3ccccc3o2)n1. The highest BCUT2D eigenvalue weighted by atomic mass is 35.5. The average molecular weight is 306 g/mol. The maximum Gasteiger partial charge on any atom is 0.263 e. The van der Waals surface area contributed by atoms with E-state index in [-0.39, 0.29) is 0 Å². The molecule has 0 amide bonds. The lowest BCUT2D eigenvalue weighted by Crippen LogP contribution is -1.96. The van der Waals surface area contributed by atoms with Gasteiger partial charge in [0.25, 0.3) is 5.22 Å². The average Bonchev–Trinajstić information content (AvgIpc) is 2.80. The minimum atomic E-state index is 0.446. The maximum atomic E-state index is 6.02. The van der Waals surface area contributed by atoms with E-state index in [1.54, 1.807) is 6.07 Å². The molecule has 0 unspecified atom stereocenters. The Morgan fingerprint density at radius 3 is 2.85 bits per heavy atom. The summed E-state index contributed by atoms with van der Waals surface area (Å²) in [6.45, 7) is 2.08. The molecule has 0 aliphatic carbocycles. The molecule has 0 aliphatic heterocycles. The number of fused-ring (bicyclic) bond motifs is 1. The van der Waals surface area contributed by atoms with Crippen LogP contribution in [0.4, 0.5) is 0 Å². The van der Waals surface area contributed by atoms with Crippen LogP contribution in [0.2, 0.25) is 5.15 Å². The summed E-state index contributed by atoms with van der Waals surface area (Å²) in [6.07, 6.45) is 1.79. The first kappa shape index (κ1) is 13.4. The van der Waals surface area contributed by atoms with Gasteiger partial charge in [-0.2, -0.15) is 0 Å². The number of aryl methyl sites for hydroxylation is 1. The monoisotopic (exact) mass is 305 g/mol. The minimum absolute atomic E-state index is 0.446. The molecule has 1 aromatic carbocycles. The molecule has 0 N–H and O–H groups in total. The fraction of sp³-hybridized carbons (Fsp3) is 0.214. The van der Waals surface area contributed by atoms with E-state index >= 15 is 0 Å². The van der Waals surface area contributed by atoms with Gasteiger partial charge in [0.1, 0.15) is 21.5 Å². The van der Waals surface area contributed by atoms with Gasteiger partial charge < -0.3 is 4.42 Å². The third-order valence-electron chi connectivity index (χ3n) is 2.66. The molecule has 0 saturated heterocycles. The fourth-order valence-corrected chi connectivity index (χ4v) is 2.86. The second-order valence-corrected chi connectivity index (χ2v) is 5.60. The van der Waals surface area contributed by atoms with Gasteiger partial charge in [-0.1, -0.05) is 30.7 Å². The quantitative estimate of drug-likeness (QED) is 0.670. The first-order valence-electron chi connectivity index (χ1n) is 6.31. The third-order valence-corrected chi connectivity index (χ3v) is 3.62. The molecule has 2 aromatic heterocycles. The number of rotatable bonds is 4. The second kappa shape index (κ2) is 5.81. The van der Waals surface area contributed by atoms with Crippen molar-refractivity contribution in [3.63, 3.8) is 0 Å². The van der Waals surface area contributed by atoms with Gasteiger partial charge in [0.2, 0.25) is 0 Å². The van der Waals surface area contributed by atoms with Crippen LogP contribution in [0.5, 0.6) is 0 Å². The normalized spacial score (nSPS) is 11.1. The van der Waals surface area contributed by atoms with Gasteiger partial charge in [0, 0.05) is 12.5 Å². The van der Waals surface area contributed by atoms with Crippen LogP contribution in [0.25, 0.3) is 11.1 Å². The number of nitrogens with zero attached hydrogens (tertiary/aromatic N) is 3. The lowest BCUT2D eigenvalue weighted by Gasteiger charge is -2.01. The van der Waals surface area contributed by atoms with Crippen LogP contribution in [-0.4, -0.2) is 15.0 Å². The Morgan fingerprint density at radius 1 is 1.20 bits per heavy atom. The topological polar surface area (TPSA) is 51.8 Å². The van der Waals surface area contributed by atoms with E-state index in [9.17, 15) is 0 Å². The number of benzene rings is 1. The van der Waals surface area contributed by atoms with Crippen molar-refractivity contribution in [1.82, 2.24) is 15.0 Å². The molecule has 0 radical (unpaired) electrons. The molecular weight excluding hydrogens is 294 g/mol. The number of aromatic nitrogens is 3. The van der Waals surface area contributed by atoms with Gasteiger partial charge in [-0.3, -0.25) is 0 Å². The van der Waals surface area contributed by atoms with Crippen LogP contribution in [0, 0.1) is 0 Å². The largest absolute Gasteiger partial charge is 0.431 e. The van der Waals surface area contributed by atoms with Gasteiger partial charge >= 0.3 is 0 Å². The highest BCUT2D eigenvalue weighted by Gasteiger charge is 2.10. The summed E-state index contributed by atoms with van der Waals surface area (Å²) >= 11 is 7.37. The summed E-state index contributed by atoms with van der Waals surface area (Å²) in [5, 5.41) is 1.76. The molecule has 0 fully saturated rings. The Hall–Kier alpha value is -1.59. The van der Waals surface area contributed by atoms with Crippen molar-refractivity contribution in [3.05, 3.63) is 41.3 Å². The molecule has 2 heterocycles. The standard InChI is InChI=1S/C14H12ClN3OS/c1-2-5-12-17-11(15)8-13(18-12)20-14-16-9-6-3-4-7-10(9)19-14/h3-4,6-8H,2,5H2,1H3. The number of hydrogen-bond acceptors (Lipinski definition) is 5. The first-order chi connectivity index (χ1) is 9.74. The molecular formula is C14H12ClN3OS. The van der Waals surface area contributed by atoms with Crippen molar-refractivity contribution in [3.8, 4) is 0 Å². The zero-order valence-electron chi connectivity index (χ0n) is 10.8. The van der Waals surface area contributed by atoms with Gasteiger partial charge in [0.15, 0.2) is 5.58 Å². The van der Waals surface area contributed by atoms with Crippen molar-refractivity contribution in [2.75, 3.05) is 0 Å². The molecule has 0 bridgehead atoms. The van der Waals surface area contributed by atoms with Crippen LogP contribution >= 0.6 is 23.4 Å². The first-order valence-corrected chi connectivity index (χ1v) is 7.51. The minimum Gasteiger partial charge on any atom is -0.431 e. The Morgan fingerprint density at radius 2 is 2.05 bits per heavy atom. The molecule has 6 heteroatoms. The zero-order chi connectivity index (χ0) is 13.9. The van der Waals surface area contributed by atoms with Gasteiger partial charge in [-0.05, 0) is 30.3 Å². The summed E-state index contributed by atoms with van der Waals surface area (Å²) in [4.78, 5) is 13.1. The van der Waals surface area contributed by atoms with E-state index in [4.69, 9.17) is 16.0 Å². The summed E-state index contributed by atoms with van der Waals surface area (Å²) in [7, 11) is 0. The summed E-state index contributed by atoms with van der Waals surface area (Å²) in [5.41, 5.74) is 1.60. The van der Waals surface area contributed by atoms with E-state index < -0.39 is 0 Å². The summed E-state index contributed by atoms with van der Waals surface area (Å²) < 4.78 is 5.66. The van der Waals surface area contributed by atoms with E-state index in [0.29, 0.717) is 10.4 Å². The molecule has 3 aromatic rings. The van der Waals surface area contributed by atoms with Crippen LogP contribution in [0.1, 0.15) is 19.2 Å². The van der Waals surface area contributed by atoms with Crippen molar-refractivity contribution in [2.24, 2.45) is 0 Å². The predicted octanol–water partition coefficient (Wildman–Crippen LogP) is 4.37. The van der Waals surface area contributed by atoms with Crippen molar-refractivity contribution >= 4 is 34.5 Å². The third kappa shape index (κ3) is 2.94. The molecule has 20 heavy (non-hydrogen) atoms. The van der Waals surface area contributed by atoms with Gasteiger partial charge in [-0.25, -0.2) is 15.0 Å². The zero-order valence-corrected chi connectivity index (χ0v) is 12.4. The number of hydrogen-bond donors (Lipinski definition) is 0. The van der Waals surface area contributed by atoms with E-state index in [2.05, 4.69) is 21.9 Å². The number of oxazole rings is 1. The lowest BCUT2D eigenvalue weighted by molar-refractivity contribution is 0.489. The number of para-hydroxylation sites is 2. The molecule has 0 spiro atoms. The highest BCUT2D eigenvalue weighted by molar-refractivity contribution is 7.99. The Kier molecular flexibility index (Phi) is 3.89. The van der Waals surface area contributed by atoms with Crippen LogP contribution in [-0.2, 0) is 6.42 Å². The molecule has 4 nitrogen and oxygen atoms in total. The van der Waals surface area contributed by atoms with Crippen LogP contribution in [0.15, 0.2) is 45.0 Å². The fourth-order valence-electron chi connectivity index (χ4n) is 1.81. The molecule has 0 atom stereocenters. The summed E-state index contributed by atoms with van der Waals surface area (Å²) in [6, 6.07) is 9.38. The van der Waals surface area contributed by atoms with Crippen LogP contribution in [0.3, 0.4) is 0 Å². The highest BCUT2D eigenvalue weighted by Crippen LogP contribution is 2.29.